The fourth-order valence-electron chi connectivity index (χ4n) is 3.16. The van der Waals surface area contributed by atoms with Gasteiger partial charge in [-0.15, -0.1) is 0 Å². The van der Waals surface area contributed by atoms with Gasteiger partial charge < -0.3 is 10.1 Å². The van der Waals surface area contributed by atoms with Crippen molar-refractivity contribution in [3.8, 4) is 0 Å². The van der Waals surface area contributed by atoms with Crippen molar-refractivity contribution < 1.29 is 14.3 Å². The standard InChI is InChI=1S/C19H27NO3/c1-13-8-7-9-14(2)18(13)20-19(22)15(3)23-17(21)12-16-10-5-4-6-11-16/h7-9,15-16H,4-6,10-12H2,1-3H3,(H,20,22). The normalized spacial score (nSPS) is 16.7. The van der Waals surface area contributed by atoms with Crippen molar-refractivity contribution in [2.75, 3.05) is 5.32 Å². The largest absolute Gasteiger partial charge is 0.453 e. The SMILES string of the molecule is Cc1cccc(C)c1NC(=O)C(C)OC(=O)CC1CCCCC1. The highest BCUT2D eigenvalue weighted by molar-refractivity contribution is 5.96. The lowest BCUT2D eigenvalue weighted by Gasteiger charge is -2.21. The summed E-state index contributed by atoms with van der Waals surface area (Å²) < 4.78 is 5.32. The third-order valence-corrected chi connectivity index (χ3v) is 4.59. The van der Waals surface area contributed by atoms with Gasteiger partial charge in [0.25, 0.3) is 5.91 Å². The first kappa shape index (κ1) is 17.5. The number of anilines is 1. The van der Waals surface area contributed by atoms with Gasteiger partial charge in [-0.05, 0) is 50.7 Å². The third kappa shape index (κ3) is 5.08. The molecule has 1 amide bonds. The van der Waals surface area contributed by atoms with Gasteiger partial charge in [0, 0.05) is 12.1 Å². The molecule has 0 radical (unpaired) electrons. The zero-order valence-electron chi connectivity index (χ0n) is 14.4. The second-order valence-electron chi connectivity index (χ2n) is 6.60. The lowest BCUT2D eigenvalue weighted by atomic mass is 9.87. The molecule has 2 rings (SSSR count). The number of ether oxygens (including phenoxy) is 1. The Hall–Kier alpha value is -1.84. The minimum Gasteiger partial charge on any atom is -0.453 e. The molecule has 1 aromatic rings. The topological polar surface area (TPSA) is 55.4 Å². The second kappa shape index (κ2) is 8.14. The lowest BCUT2D eigenvalue weighted by Crippen LogP contribution is -2.31. The number of aryl methyl sites for hydroxylation is 2. The monoisotopic (exact) mass is 317 g/mol. The van der Waals surface area contributed by atoms with Crippen LogP contribution in [-0.2, 0) is 14.3 Å². The smallest absolute Gasteiger partial charge is 0.306 e. The molecular formula is C19H27NO3. The summed E-state index contributed by atoms with van der Waals surface area (Å²) in [6.07, 6.45) is 5.50. The molecule has 1 atom stereocenters. The number of para-hydroxylation sites is 1. The van der Waals surface area contributed by atoms with Gasteiger partial charge in [0.2, 0.25) is 0 Å². The Morgan fingerprint density at radius 1 is 1.17 bits per heavy atom. The van der Waals surface area contributed by atoms with Crippen molar-refractivity contribution in [3.63, 3.8) is 0 Å². The van der Waals surface area contributed by atoms with Gasteiger partial charge in [0.15, 0.2) is 6.10 Å². The van der Waals surface area contributed by atoms with Crippen LogP contribution in [0.5, 0.6) is 0 Å². The number of rotatable bonds is 5. The van der Waals surface area contributed by atoms with E-state index in [1.807, 2.05) is 32.0 Å². The Morgan fingerprint density at radius 2 is 1.78 bits per heavy atom. The van der Waals surface area contributed by atoms with Crippen LogP contribution < -0.4 is 5.32 Å². The molecule has 0 aromatic heterocycles. The minimum absolute atomic E-state index is 0.263. The maximum absolute atomic E-state index is 12.3. The van der Waals surface area contributed by atoms with E-state index in [-0.39, 0.29) is 11.9 Å². The predicted molar refractivity (Wildman–Crippen MR) is 91.3 cm³/mol. The molecular weight excluding hydrogens is 290 g/mol. The van der Waals surface area contributed by atoms with Crippen LogP contribution in [0.25, 0.3) is 0 Å². The van der Waals surface area contributed by atoms with Gasteiger partial charge in [0.1, 0.15) is 0 Å². The number of esters is 1. The zero-order valence-corrected chi connectivity index (χ0v) is 14.4. The van der Waals surface area contributed by atoms with E-state index in [9.17, 15) is 9.59 Å². The van der Waals surface area contributed by atoms with Crippen LogP contribution in [0.4, 0.5) is 5.69 Å². The van der Waals surface area contributed by atoms with E-state index in [0.29, 0.717) is 12.3 Å². The van der Waals surface area contributed by atoms with Crippen LogP contribution in [0.15, 0.2) is 18.2 Å². The first-order chi connectivity index (χ1) is 11.0. The first-order valence-electron chi connectivity index (χ1n) is 8.54. The molecule has 1 aromatic carbocycles. The highest BCUT2D eigenvalue weighted by atomic mass is 16.5. The van der Waals surface area contributed by atoms with E-state index in [2.05, 4.69) is 5.32 Å². The maximum atomic E-state index is 12.3. The summed E-state index contributed by atoms with van der Waals surface area (Å²) in [5.74, 6) is -0.120. The summed E-state index contributed by atoms with van der Waals surface area (Å²) in [6, 6.07) is 5.85. The molecule has 0 saturated heterocycles. The molecule has 4 nitrogen and oxygen atoms in total. The summed E-state index contributed by atoms with van der Waals surface area (Å²) in [5.41, 5.74) is 2.80. The lowest BCUT2D eigenvalue weighted by molar-refractivity contribution is -0.154. The van der Waals surface area contributed by atoms with Crippen LogP contribution >= 0.6 is 0 Å². The molecule has 0 heterocycles. The summed E-state index contributed by atoms with van der Waals surface area (Å²) in [6.45, 7) is 5.52. The third-order valence-electron chi connectivity index (χ3n) is 4.59. The van der Waals surface area contributed by atoms with Gasteiger partial charge in [-0.25, -0.2) is 0 Å². The quantitative estimate of drug-likeness (QED) is 0.830. The number of benzene rings is 1. The number of hydrogen-bond acceptors (Lipinski definition) is 3. The molecule has 1 saturated carbocycles. The number of hydrogen-bond donors (Lipinski definition) is 1. The fraction of sp³-hybridized carbons (Fsp3) is 0.579. The van der Waals surface area contributed by atoms with Gasteiger partial charge in [-0.3, -0.25) is 9.59 Å². The van der Waals surface area contributed by atoms with E-state index in [4.69, 9.17) is 4.74 Å². The average Bonchev–Trinajstić information content (AvgIpc) is 2.51. The van der Waals surface area contributed by atoms with E-state index in [0.717, 1.165) is 29.7 Å². The number of carbonyl (C=O) groups excluding carboxylic acids is 2. The molecule has 1 N–H and O–H groups in total. The predicted octanol–water partition coefficient (Wildman–Crippen LogP) is 4.14. The molecule has 1 aliphatic carbocycles. The molecule has 23 heavy (non-hydrogen) atoms. The molecule has 0 aliphatic heterocycles. The second-order valence-corrected chi connectivity index (χ2v) is 6.60. The highest BCUT2D eigenvalue weighted by Crippen LogP contribution is 2.26. The van der Waals surface area contributed by atoms with Crippen LogP contribution in [0, 0.1) is 19.8 Å². The van der Waals surface area contributed by atoms with Crippen molar-refractivity contribution >= 4 is 17.6 Å². The first-order valence-corrected chi connectivity index (χ1v) is 8.54. The van der Waals surface area contributed by atoms with Gasteiger partial charge in [0.05, 0.1) is 0 Å². The summed E-state index contributed by atoms with van der Waals surface area (Å²) in [7, 11) is 0. The Morgan fingerprint density at radius 3 is 2.39 bits per heavy atom. The minimum atomic E-state index is -0.773. The number of amides is 1. The Bertz CT molecular complexity index is 541. The highest BCUT2D eigenvalue weighted by Gasteiger charge is 2.22. The van der Waals surface area contributed by atoms with Crippen molar-refractivity contribution in [3.05, 3.63) is 29.3 Å². The summed E-state index contributed by atoms with van der Waals surface area (Å²) in [4.78, 5) is 24.3. The fourth-order valence-corrected chi connectivity index (χ4v) is 3.16. The molecule has 0 bridgehead atoms. The van der Waals surface area contributed by atoms with Gasteiger partial charge in [-0.2, -0.15) is 0 Å². The van der Waals surface area contributed by atoms with E-state index in [1.165, 1.54) is 19.3 Å². The zero-order chi connectivity index (χ0) is 16.8. The summed E-state index contributed by atoms with van der Waals surface area (Å²) in [5, 5.41) is 2.87. The van der Waals surface area contributed by atoms with Gasteiger partial charge >= 0.3 is 5.97 Å². The van der Waals surface area contributed by atoms with Crippen molar-refractivity contribution in [1.29, 1.82) is 0 Å². The van der Waals surface area contributed by atoms with E-state index < -0.39 is 6.10 Å². The number of carbonyl (C=O) groups is 2. The van der Waals surface area contributed by atoms with Crippen LogP contribution in [0.1, 0.15) is 56.6 Å². The van der Waals surface area contributed by atoms with Crippen LogP contribution in [-0.4, -0.2) is 18.0 Å². The Balaban J connectivity index is 1.85. The molecule has 1 unspecified atom stereocenters. The maximum Gasteiger partial charge on any atom is 0.306 e. The number of nitrogens with one attached hydrogen (secondary N) is 1. The van der Waals surface area contributed by atoms with Crippen molar-refractivity contribution in [2.45, 2.75) is 65.4 Å². The van der Waals surface area contributed by atoms with E-state index >= 15 is 0 Å². The van der Waals surface area contributed by atoms with E-state index in [1.54, 1.807) is 6.92 Å². The van der Waals surface area contributed by atoms with Crippen LogP contribution in [0.2, 0.25) is 0 Å². The molecule has 1 aliphatic rings. The molecule has 1 fully saturated rings. The molecule has 0 spiro atoms. The molecule has 4 heteroatoms. The van der Waals surface area contributed by atoms with Crippen molar-refractivity contribution in [2.24, 2.45) is 5.92 Å². The Labute approximate surface area is 138 Å². The Kier molecular flexibility index (Phi) is 6.20. The molecule has 126 valence electrons. The van der Waals surface area contributed by atoms with Crippen LogP contribution in [0.3, 0.4) is 0 Å². The van der Waals surface area contributed by atoms with Crippen molar-refractivity contribution in [1.82, 2.24) is 0 Å². The summed E-state index contributed by atoms with van der Waals surface area (Å²) >= 11 is 0. The van der Waals surface area contributed by atoms with Gasteiger partial charge in [-0.1, -0.05) is 37.5 Å². The average molecular weight is 317 g/mol.